The Bertz CT molecular complexity index is 1820. The zero-order valence-corrected chi connectivity index (χ0v) is 25.9. The second-order valence-corrected chi connectivity index (χ2v) is 17.5. The molecule has 0 bridgehead atoms. The molecule has 4 heterocycles. The largest absolute Gasteiger partial charge is 0.415 e. The fourth-order valence-electron chi connectivity index (χ4n) is 5.29. The summed E-state index contributed by atoms with van der Waals surface area (Å²) in [4.78, 5) is 30.3. The molecule has 6 rings (SSSR count). The van der Waals surface area contributed by atoms with Crippen LogP contribution in [-0.4, -0.2) is 64.1 Å². The van der Waals surface area contributed by atoms with Gasteiger partial charge in [0.05, 0.1) is 18.7 Å². The quantitative estimate of drug-likeness (QED) is 0.274. The van der Waals surface area contributed by atoms with Gasteiger partial charge in [-0.2, -0.15) is 9.50 Å². The van der Waals surface area contributed by atoms with Crippen LogP contribution in [0, 0.1) is 0 Å². The van der Waals surface area contributed by atoms with Crippen molar-refractivity contribution in [2.75, 3.05) is 32.1 Å². The smallest absolute Gasteiger partial charge is 0.283 e. The second-order valence-electron chi connectivity index (χ2n) is 12.6. The average Bonchev–Trinajstić information content (AvgIpc) is 3.11. The standard InChI is InChI=1S/C31H39N7O2Si/c1-31(2,3)41(5,6)40-18-17-37-26-10-8-7-9-24(26)28-34-27-25(29(39)38(28)37)20-32-30(35-27)33-23-12-11-21-13-15-36(4)16-14-22(21)19-23/h7-12,19-20H,13-18H2,1-6H3,(H,32,33,35). The first-order chi connectivity index (χ1) is 19.5. The number of nitrogens with one attached hydrogen (secondary N) is 1. The van der Waals surface area contributed by atoms with Crippen LogP contribution in [0.15, 0.2) is 53.5 Å². The molecule has 214 valence electrons. The molecule has 0 aliphatic carbocycles. The van der Waals surface area contributed by atoms with Crippen molar-refractivity contribution in [3.8, 4) is 0 Å². The van der Waals surface area contributed by atoms with Gasteiger partial charge in [0.2, 0.25) is 5.95 Å². The summed E-state index contributed by atoms with van der Waals surface area (Å²) < 4.78 is 10.1. The molecule has 0 saturated heterocycles. The van der Waals surface area contributed by atoms with Crippen LogP contribution in [0.1, 0.15) is 31.9 Å². The van der Waals surface area contributed by atoms with Gasteiger partial charge in [0.15, 0.2) is 19.6 Å². The van der Waals surface area contributed by atoms with Gasteiger partial charge in [0.1, 0.15) is 5.39 Å². The Hall–Kier alpha value is -3.60. The molecular formula is C31H39N7O2Si. The van der Waals surface area contributed by atoms with Crippen LogP contribution in [-0.2, 0) is 23.8 Å². The highest BCUT2D eigenvalue weighted by Gasteiger charge is 2.37. The third-order valence-corrected chi connectivity index (χ3v) is 13.4. The molecule has 9 nitrogen and oxygen atoms in total. The fourth-order valence-corrected chi connectivity index (χ4v) is 6.32. The first-order valence-corrected chi connectivity index (χ1v) is 17.3. The van der Waals surface area contributed by atoms with E-state index in [9.17, 15) is 4.79 Å². The van der Waals surface area contributed by atoms with Gasteiger partial charge in [-0.3, -0.25) is 9.48 Å². The van der Waals surface area contributed by atoms with Crippen LogP contribution >= 0.6 is 0 Å². The normalized spacial score (nSPS) is 15.0. The summed E-state index contributed by atoms with van der Waals surface area (Å²) in [5, 5.41) is 4.74. The van der Waals surface area contributed by atoms with E-state index in [-0.39, 0.29) is 10.6 Å². The van der Waals surface area contributed by atoms with Gasteiger partial charge in [0.25, 0.3) is 5.56 Å². The summed E-state index contributed by atoms with van der Waals surface area (Å²) in [5.74, 6) is 0.422. The molecule has 0 amide bonds. The fraction of sp³-hybridized carbons (Fsp3) is 0.419. The lowest BCUT2D eigenvalue weighted by Crippen LogP contribution is -2.41. The van der Waals surface area contributed by atoms with E-state index in [0.29, 0.717) is 35.8 Å². The zero-order chi connectivity index (χ0) is 28.9. The number of para-hydroxylation sites is 1. The van der Waals surface area contributed by atoms with Crippen molar-refractivity contribution in [3.05, 3.63) is 70.1 Å². The number of fused-ring (bicyclic) bond motifs is 5. The summed E-state index contributed by atoms with van der Waals surface area (Å²) in [6.07, 6.45) is 3.65. The van der Waals surface area contributed by atoms with E-state index < -0.39 is 8.32 Å². The predicted molar refractivity (Wildman–Crippen MR) is 168 cm³/mol. The molecule has 3 aromatic heterocycles. The van der Waals surface area contributed by atoms with E-state index >= 15 is 0 Å². The SMILES string of the molecule is CN1CCc2ccc(Nc3ncc4c(=O)n5c(nc4n3)c3ccccc3n5CCO[Si](C)(C)C(C)(C)C)cc2CC1. The number of nitrogens with zero attached hydrogens (tertiary/aromatic N) is 6. The van der Waals surface area contributed by atoms with Gasteiger partial charge < -0.3 is 14.6 Å². The maximum Gasteiger partial charge on any atom is 0.283 e. The predicted octanol–water partition coefficient (Wildman–Crippen LogP) is 5.39. The van der Waals surface area contributed by atoms with Gasteiger partial charge in [-0.1, -0.05) is 39.0 Å². The van der Waals surface area contributed by atoms with E-state index in [1.165, 1.54) is 11.1 Å². The summed E-state index contributed by atoms with van der Waals surface area (Å²) in [6.45, 7) is 14.4. The van der Waals surface area contributed by atoms with E-state index in [4.69, 9.17) is 9.41 Å². The highest BCUT2D eigenvalue weighted by molar-refractivity contribution is 6.74. The van der Waals surface area contributed by atoms with Crippen molar-refractivity contribution in [2.45, 2.75) is 58.3 Å². The van der Waals surface area contributed by atoms with Crippen LogP contribution in [0.4, 0.5) is 11.6 Å². The third-order valence-electron chi connectivity index (χ3n) is 8.83. The highest BCUT2D eigenvalue weighted by atomic mass is 28.4. The van der Waals surface area contributed by atoms with E-state index in [1.807, 2.05) is 28.9 Å². The molecule has 1 N–H and O–H groups in total. The van der Waals surface area contributed by atoms with Crippen molar-refractivity contribution in [1.29, 1.82) is 0 Å². The van der Waals surface area contributed by atoms with E-state index in [2.05, 4.69) is 79.3 Å². The van der Waals surface area contributed by atoms with Crippen LogP contribution in [0.3, 0.4) is 0 Å². The number of likely N-dealkylation sites (N-methyl/N-ethyl adjacent to an activating group) is 1. The van der Waals surface area contributed by atoms with Crippen LogP contribution < -0.4 is 10.9 Å². The second kappa shape index (κ2) is 10.3. The van der Waals surface area contributed by atoms with Crippen LogP contribution in [0.5, 0.6) is 0 Å². The van der Waals surface area contributed by atoms with Crippen LogP contribution in [0.2, 0.25) is 18.1 Å². The minimum absolute atomic E-state index is 0.112. The number of aromatic nitrogens is 5. The molecule has 0 saturated carbocycles. The number of rotatable bonds is 6. The molecule has 0 atom stereocenters. The molecule has 0 spiro atoms. The Morgan fingerprint density at radius 3 is 2.54 bits per heavy atom. The Balaban J connectivity index is 1.35. The minimum atomic E-state index is -1.93. The minimum Gasteiger partial charge on any atom is -0.415 e. The van der Waals surface area contributed by atoms with E-state index in [0.717, 1.165) is 42.5 Å². The van der Waals surface area contributed by atoms with Crippen molar-refractivity contribution in [1.82, 2.24) is 29.0 Å². The molecule has 1 aliphatic rings. The Morgan fingerprint density at radius 1 is 1.00 bits per heavy atom. The molecule has 41 heavy (non-hydrogen) atoms. The highest BCUT2D eigenvalue weighted by Crippen LogP contribution is 2.36. The van der Waals surface area contributed by atoms with Crippen molar-refractivity contribution in [2.24, 2.45) is 0 Å². The third kappa shape index (κ3) is 5.16. The number of hydrogen-bond donors (Lipinski definition) is 1. The zero-order valence-electron chi connectivity index (χ0n) is 24.9. The van der Waals surface area contributed by atoms with E-state index in [1.54, 1.807) is 10.7 Å². The molecule has 1 aliphatic heterocycles. The first-order valence-electron chi connectivity index (χ1n) is 14.4. The summed E-state index contributed by atoms with van der Waals surface area (Å²) in [7, 11) is 0.239. The van der Waals surface area contributed by atoms with Gasteiger partial charge in [-0.25, -0.2) is 9.97 Å². The molecule has 0 radical (unpaired) electrons. The topological polar surface area (TPSA) is 89.6 Å². The lowest BCUT2D eigenvalue weighted by Gasteiger charge is -2.36. The first kappa shape index (κ1) is 27.6. The van der Waals surface area contributed by atoms with Crippen molar-refractivity contribution < 1.29 is 4.43 Å². The van der Waals surface area contributed by atoms with Gasteiger partial charge >= 0.3 is 0 Å². The molecule has 2 aromatic carbocycles. The summed E-state index contributed by atoms with van der Waals surface area (Å²) in [5.41, 5.74) is 5.39. The van der Waals surface area contributed by atoms with Gasteiger partial charge in [-0.05, 0) is 73.4 Å². The Morgan fingerprint density at radius 2 is 1.76 bits per heavy atom. The molecule has 0 fully saturated rings. The van der Waals surface area contributed by atoms with Crippen molar-refractivity contribution in [3.63, 3.8) is 0 Å². The maximum atomic E-state index is 13.9. The maximum absolute atomic E-state index is 13.9. The van der Waals surface area contributed by atoms with Crippen molar-refractivity contribution >= 4 is 47.5 Å². The summed E-state index contributed by atoms with van der Waals surface area (Å²) in [6, 6.07) is 14.4. The molecule has 0 unspecified atom stereocenters. The monoisotopic (exact) mass is 569 g/mol. The van der Waals surface area contributed by atoms with Gasteiger partial charge in [0, 0.05) is 30.4 Å². The lowest BCUT2D eigenvalue weighted by atomic mass is 10.0. The number of anilines is 2. The molecule has 10 heteroatoms. The molecule has 5 aromatic rings. The Kier molecular flexibility index (Phi) is 6.95. The Labute approximate surface area is 241 Å². The number of benzene rings is 2. The number of hydrogen-bond acceptors (Lipinski definition) is 7. The molecular weight excluding hydrogens is 530 g/mol. The summed E-state index contributed by atoms with van der Waals surface area (Å²) >= 11 is 0. The van der Waals surface area contributed by atoms with Gasteiger partial charge in [-0.15, -0.1) is 0 Å². The lowest BCUT2D eigenvalue weighted by molar-refractivity contribution is 0.265. The average molecular weight is 570 g/mol. The van der Waals surface area contributed by atoms with Crippen LogP contribution in [0.25, 0.3) is 27.6 Å².